The fraction of sp³-hybridized carbons (Fsp3) is 0.950. The zero-order chi connectivity index (χ0) is 15.5. The molecule has 0 amide bonds. The van der Waals surface area contributed by atoms with Crippen molar-refractivity contribution in [2.24, 2.45) is 35.0 Å². The van der Waals surface area contributed by atoms with Crippen molar-refractivity contribution >= 4 is 5.78 Å². The van der Waals surface area contributed by atoms with Gasteiger partial charge in [0, 0.05) is 11.8 Å². The number of fused-ring (bicyclic) bond motifs is 5. The molecule has 0 unspecified atom stereocenters. The van der Waals surface area contributed by atoms with Crippen LogP contribution >= 0.6 is 0 Å². The zero-order valence-corrected chi connectivity index (χ0v) is 14.3. The lowest BCUT2D eigenvalue weighted by molar-refractivity contribution is -0.131. The number of rotatable bonds is 0. The Morgan fingerprint density at radius 3 is 2.55 bits per heavy atom. The van der Waals surface area contributed by atoms with Crippen LogP contribution in [0.4, 0.5) is 0 Å². The number of ketones is 1. The molecule has 124 valence electrons. The van der Waals surface area contributed by atoms with Gasteiger partial charge in [-0.2, -0.15) is 0 Å². The molecular weight excluding hydrogens is 272 g/mol. The molecule has 0 heterocycles. The van der Waals surface area contributed by atoms with Gasteiger partial charge in [0.25, 0.3) is 0 Å². The topological polar surface area (TPSA) is 37.3 Å². The molecule has 4 aliphatic rings. The van der Waals surface area contributed by atoms with Gasteiger partial charge in [-0.3, -0.25) is 4.79 Å². The first kappa shape index (κ1) is 15.2. The summed E-state index contributed by atoms with van der Waals surface area (Å²) in [6.45, 7) is 4.32. The van der Waals surface area contributed by atoms with Gasteiger partial charge in [-0.05, 0) is 81.5 Å². The van der Waals surface area contributed by atoms with Crippen LogP contribution in [-0.2, 0) is 4.79 Å². The van der Waals surface area contributed by atoms with Crippen molar-refractivity contribution in [3.63, 3.8) is 0 Å². The molecule has 0 aromatic rings. The van der Waals surface area contributed by atoms with Gasteiger partial charge in [0.1, 0.15) is 5.78 Å². The summed E-state index contributed by atoms with van der Waals surface area (Å²) >= 11 is 0. The first-order valence-corrected chi connectivity index (χ1v) is 9.66. The fourth-order valence-corrected chi connectivity index (χ4v) is 7.06. The third kappa shape index (κ3) is 2.20. The third-order valence-corrected chi connectivity index (χ3v) is 8.19. The smallest absolute Gasteiger partial charge is 0.139 e. The first-order valence-electron chi connectivity index (χ1n) is 9.66. The highest BCUT2D eigenvalue weighted by molar-refractivity contribution is 5.87. The zero-order valence-electron chi connectivity index (χ0n) is 14.3. The number of Topliss-reactive ketones (excluding diaryl/α,β-unsaturated/α-hetero) is 1. The standard InChI is InChI=1S/C20H32O2/c1-19(22)10-8-14-13(12-19)4-3-5-16-15(14)9-11-20(2)17(16)6-7-18(20)21/h13-17,22H,3-12H2,1-2H3/t13-,14+,15-,16+,17+,19-,20+/m1/s1. The van der Waals surface area contributed by atoms with E-state index in [0.717, 1.165) is 55.8 Å². The van der Waals surface area contributed by atoms with E-state index in [9.17, 15) is 9.90 Å². The highest BCUT2D eigenvalue weighted by atomic mass is 16.3. The molecule has 0 saturated heterocycles. The highest BCUT2D eigenvalue weighted by Crippen LogP contribution is 2.60. The van der Waals surface area contributed by atoms with E-state index in [-0.39, 0.29) is 5.41 Å². The van der Waals surface area contributed by atoms with Crippen LogP contribution in [0.2, 0.25) is 0 Å². The van der Waals surface area contributed by atoms with Crippen molar-refractivity contribution in [1.29, 1.82) is 0 Å². The Labute approximate surface area is 135 Å². The van der Waals surface area contributed by atoms with Crippen LogP contribution in [0.25, 0.3) is 0 Å². The van der Waals surface area contributed by atoms with Gasteiger partial charge >= 0.3 is 0 Å². The predicted octanol–water partition coefficient (Wildman–Crippen LogP) is 4.35. The maximum absolute atomic E-state index is 12.4. The van der Waals surface area contributed by atoms with E-state index in [1.54, 1.807) is 0 Å². The average molecular weight is 304 g/mol. The van der Waals surface area contributed by atoms with Crippen molar-refractivity contribution < 1.29 is 9.90 Å². The minimum atomic E-state index is -0.423. The van der Waals surface area contributed by atoms with E-state index in [1.807, 2.05) is 6.92 Å². The van der Waals surface area contributed by atoms with Crippen LogP contribution < -0.4 is 0 Å². The number of aliphatic hydroxyl groups is 1. The number of carbonyl (C=O) groups excluding carboxylic acids is 1. The van der Waals surface area contributed by atoms with Crippen LogP contribution in [0.3, 0.4) is 0 Å². The SMILES string of the molecule is C[C@@]1(O)CC[C@H]2[C@H](CCC[C@H]3[C@@H]2CC[C@]2(C)C(=O)CC[C@@H]32)C1. The molecule has 4 fully saturated rings. The van der Waals surface area contributed by atoms with Gasteiger partial charge in [-0.25, -0.2) is 0 Å². The molecule has 7 atom stereocenters. The maximum atomic E-state index is 12.4. The molecule has 4 saturated carbocycles. The van der Waals surface area contributed by atoms with Crippen molar-refractivity contribution in [3.8, 4) is 0 Å². The monoisotopic (exact) mass is 304 g/mol. The largest absolute Gasteiger partial charge is 0.390 e. The molecule has 0 spiro atoms. The van der Waals surface area contributed by atoms with E-state index >= 15 is 0 Å². The number of hydrogen-bond acceptors (Lipinski definition) is 2. The number of hydrogen-bond donors (Lipinski definition) is 1. The normalized spacial score (nSPS) is 55.0. The van der Waals surface area contributed by atoms with Crippen LogP contribution in [0.5, 0.6) is 0 Å². The molecular formula is C20H32O2. The average Bonchev–Trinajstić information content (AvgIpc) is 2.65. The molecule has 2 heteroatoms. The van der Waals surface area contributed by atoms with Gasteiger partial charge in [0.15, 0.2) is 0 Å². The second-order valence-corrected chi connectivity index (χ2v) is 9.45. The third-order valence-electron chi connectivity index (χ3n) is 8.19. The Morgan fingerprint density at radius 1 is 0.955 bits per heavy atom. The van der Waals surface area contributed by atoms with Gasteiger partial charge in [-0.1, -0.05) is 19.8 Å². The van der Waals surface area contributed by atoms with Crippen molar-refractivity contribution in [1.82, 2.24) is 0 Å². The summed E-state index contributed by atoms with van der Waals surface area (Å²) < 4.78 is 0. The first-order chi connectivity index (χ1) is 10.4. The van der Waals surface area contributed by atoms with Gasteiger partial charge in [0.05, 0.1) is 5.60 Å². The van der Waals surface area contributed by atoms with Crippen LogP contribution in [0, 0.1) is 35.0 Å². The highest BCUT2D eigenvalue weighted by Gasteiger charge is 2.56. The van der Waals surface area contributed by atoms with E-state index in [2.05, 4.69) is 6.92 Å². The quantitative estimate of drug-likeness (QED) is 0.722. The van der Waals surface area contributed by atoms with E-state index in [0.29, 0.717) is 11.7 Å². The Bertz CT molecular complexity index is 468. The van der Waals surface area contributed by atoms with E-state index in [1.165, 1.54) is 32.1 Å². The van der Waals surface area contributed by atoms with Gasteiger partial charge < -0.3 is 5.11 Å². The van der Waals surface area contributed by atoms with Crippen molar-refractivity contribution in [3.05, 3.63) is 0 Å². The molecule has 0 aromatic heterocycles. The second kappa shape index (κ2) is 5.06. The molecule has 2 nitrogen and oxygen atoms in total. The summed E-state index contributed by atoms with van der Waals surface area (Å²) in [5.74, 6) is 4.42. The summed E-state index contributed by atoms with van der Waals surface area (Å²) in [6, 6.07) is 0. The lowest BCUT2D eigenvalue weighted by atomic mass is 9.54. The summed E-state index contributed by atoms with van der Waals surface area (Å²) in [7, 11) is 0. The molecule has 4 aliphatic carbocycles. The predicted molar refractivity (Wildman–Crippen MR) is 87.4 cm³/mol. The Kier molecular flexibility index (Phi) is 3.49. The second-order valence-electron chi connectivity index (χ2n) is 9.45. The van der Waals surface area contributed by atoms with Gasteiger partial charge in [0.2, 0.25) is 0 Å². The molecule has 22 heavy (non-hydrogen) atoms. The van der Waals surface area contributed by atoms with E-state index in [4.69, 9.17) is 0 Å². The Balaban J connectivity index is 1.60. The maximum Gasteiger partial charge on any atom is 0.139 e. The lowest BCUT2D eigenvalue weighted by Crippen LogP contribution is -2.46. The Hall–Kier alpha value is -0.370. The summed E-state index contributed by atoms with van der Waals surface area (Å²) in [5, 5.41) is 10.5. The summed E-state index contributed by atoms with van der Waals surface area (Å²) in [4.78, 5) is 12.4. The lowest BCUT2D eigenvalue weighted by Gasteiger charge is -2.50. The molecule has 4 rings (SSSR count). The molecule has 0 bridgehead atoms. The molecule has 0 aliphatic heterocycles. The van der Waals surface area contributed by atoms with E-state index < -0.39 is 5.60 Å². The summed E-state index contributed by atoms with van der Waals surface area (Å²) in [6.07, 6.45) is 11.6. The van der Waals surface area contributed by atoms with Crippen LogP contribution in [0.15, 0.2) is 0 Å². The van der Waals surface area contributed by atoms with Crippen molar-refractivity contribution in [2.45, 2.75) is 83.7 Å². The molecule has 1 N–H and O–H groups in total. The van der Waals surface area contributed by atoms with Gasteiger partial charge in [-0.15, -0.1) is 0 Å². The Morgan fingerprint density at radius 2 is 1.73 bits per heavy atom. The summed E-state index contributed by atoms with van der Waals surface area (Å²) in [5.41, 5.74) is -0.408. The van der Waals surface area contributed by atoms with Crippen LogP contribution in [-0.4, -0.2) is 16.5 Å². The molecule has 0 aromatic carbocycles. The number of carbonyl (C=O) groups is 1. The minimum absolute atomic E-state index is 0.0150. The van der Waals surface area contributed by atoms with Crippen molar-refractivity contribution in [2.75, 3.05) is 0 Å². The molecule has 0 radical (unpaired) electrons. The minimum Gasteiger partial charge on any atom is -0.390 e. The van der Waals surface area contributed by atoms with Crippen LogP contribution in [0.1, 0.15) is 78.1 Å². The fourth-order valence-electron chi connectivity index (χ4n) is 7.06.